The molecule has 124 valence electrons. The first-order chi connectivity index (χ1) is 10.3. The molecule has 2 rings (SSSR count). The maximum Gasteiger partial charge on any atom is 0.168 e. The second kappa shape index (κ2) is 10.6. The van der Waals surface area contributed by atoms with Crippen LogP contribution < -0.4 is 22.0 Å². The number of quaternary nitrogens is 1. The van der Waals surface area contributed by atoms with E-state index >= 15 is 0 Å². The summed E-state index contributed by atoms with van der Waals surface area (Å²) in [6, 6.07) is 7.62. The molecule has 22 heavy (non-hydrogen) atoms. The van der Waals surface area contributed by atoms with E-state index in [1.807, 2.05) is 24.3 Å². The fourth-order valence-corrected chi connectivity index (χ4v) is 2.81. The maximum absolute atomic E-state index is 12.2. The van der Waals surface area contributed by atoms with Crippen LogP contribution in [-0.2, 0) is 0 Å². The number of ketones is 1. The van der Waals surface area contributed by atoms with Gasteiger partial charge in [0, 0.05) is 5.56 Å². The molecule has 1 N–H and O–H groups in total. The van der Waals surface area contributed by atoms with E-state index in [0.29, 0.717) is 6.42 Å². The Bertz CT molecular complexity index is 427. The zero-order valence-electron chi connectivity index (χ0n) is 13.6. The molecular formula is C18H28ClNO2. The number of benzene rings is 1. The molecule has 0 amide bonds. The Morgan fingerprint density at radius 3 is 2.45 bits per heavy atom. The smallest absolute Gasteiger partial charge is 0.168 e. The molecule has 3 nitrogen and oxygen atoms in total. The number of piperidine rings is 1. The van der Waals surface area contributed by atoms with Gasteiger partial charge >= 0.3 is 0 Å². The Balaban J connectivity index is 0.00000242. The van der Waals surface area contributed by atoms with E-state index in [2.05, 4.69) is 6.92 Å². The van der Waals surface area contributed by atoms with Crippen molar-refractivity contribution in [3.63, 3.8) is 0 Å². The number of halogens is 1. The van der Waals surface area contributed by atoms with Crippen molar-refractivity contribution in [2.45, 2.75) is 45.4 Å². The normalized spacial score (nSPS) is 15.1. The first-order valence-electron chi connectivity index (χ1n) is 8.39. The van der Waals surface area contributed by atoms with Crippen LogP contribution in [0.25, 0.3) is 0 Å². The van der Waals surface area contributed by atoms with Crippen LogP contribution in [0.5, 0.6) is 5.75 Å². The molecule has 1 fully saturated rings. The van der Waals surface area contributed by atoms with Crippen molar-refractivity contribution >= 4 is 5.78 Å². The summed E-state index contributed by atoms with van der Waals surface area (Å²) in [7, 11) is 0. The summed E-state index contributed by atoms with van der Waals surface area (Å²) >= 11 is 0. The number of hydrogen-bond acceptors (Lipinski definition) is 2. The third-order valence-electron chi connectivity index (χ3n) is 4.21. The Kier molecular flexibility index (Phi) is 9.17. The molecule has 1 aromatic carbocycles. The van der Waals surface area contributed by atoms with Gasteiger partial charge in [0.05, 0.1) is 32.7 Å². The number of nitrogens with one attached hydrogen (secondary N) is 1. The summed E-state index contributed by atoms with van der Waals surface area (Å²) in [6.45, 7) is 6.35. The van der Waals surface area contributed by atoms with Gasteiger partial charge in [-0.1, -0.05) is 13.3 Å². The van der Waals surface area contributed by atoms with Gasteiger partial charge in [0.25, 0.3) is 0 Å². The predicted molar refractivity (Wildman–Crippen MR) is 85.2 cm³/mol. The Morgan fingerprint density at radius 2 is 1.82 bits per heavy atom. The summed E-state index contributed by atoms with van der Waals surface area (Å²) < 4.78 is 5.62. The van der Waals surface area contributed by atoms with Crippen molar-refractivity contribution in [2.75, 3.05) is 26.2 Å². The summed E-state index contributed by atoms with van der Waals surface area (Å²) in [6.07, 6.45) is 6.84. The summed E-state index contributed by atoms with van der Waals surface area (Å²) in [5, 5.41) is 0. The number of hydrogen-bond donors (Lipinski definition) is 1. The van der Waals surface area contributed by atoms with Crippen LogP contribution >= 0.6 is 0 Å². The van der Waals surface area contributed by atoms with Crippen molar-refractivity contribution in [3.05, 3.63) is 29.8 Å². The van der Waals surface area contributed by atoms with Crippen molar-refractivity contribution < 1.29 is 26.8 Å². The Hall–Kier alpha value is -1.06. The second-order valence-electron chi connectivity index (χ2n) is 5.96. The van der Waals surface area contributed by atoms with Crippen LogP contribution in [0.3, 0.4) is 0 Å². The molecule has 0 aliphatic carbocycles. The molecule has 0 bridgehead atoms. The molecule has 0 atom stereocenters. The van der Waals surface area contributed by atoms with Crippen LogP contribution in [-0.4, -0.2) is 32.0 Å². The molecular weight excluding hydrogens is 298 g/mol. The molecule has 1 heterocycles. The highest BCUT2D eigenvalue weighted by atomic mass is 35.5. The molecule has 0 spiro atoms. The summed E-state index contributed by atoms with van der Waals surface area (Å²) in [5.74, 6) is 1.12. The maximum atomic E-state index is 12.2. The monoisotopic (exact) mass is 325 g/mol. The number of ether oxygens (including phenoxy) is 1. The molecule has 0 radical (unpaired) electrons. The van der Waals surface area contributed by atoms with Crippen molar-refractivity contribution in [2.24, 2.45) is 0 Å². The van der Waals surface area contributed by atoms with Gasteiger partial charge in [-0.2, -0.15) is 0 Å². The third-order valence-corrected chi connectivity index (χ3v) is 4.21. The quantitative estimate of drug-likeness (QED) is 0.516. The van der Waals surface area contributed by atoms with Gasteiger partial charge in [0.2, 0.25) is 0 Å². The first-order valence-corrected chi connectivity index (χ1v) is 8.39. The van der Waals surface area contributed by atoms with E-state index in [0.717, 1.165) is 37.3 Å². The topological polar surface area (TPSA) is 30.7 Å². The van der Waals surface area contributed by atoms with Gasteiger partial charge in [-0.25, -0.2) is 0 Å². The van der Waals surface area contributed by atoms with E-state index in [4.69, 9.17) is 4.74 Å². The highest BCUT2D eigenvalue weighted by Crippen LogP contribution is 2.13. The van der Waals surface area contributed by atoms with Crippen molar-refractivity contribution in [1.29, 1.82) is 0 Å². The largest absolute Gasteiger partial charge is 1.00 e. The van der Waals surface area contributed by atoms with E-state index in [1.165, 1.54) is 32.4 Å². The summed E-state index contributed by atoms with van der Waals surface area (Å²) in [4.78, 5) is 13.8. The van der Waals surface area contributed by atoms with E-state index in [9.17, 15) is 4.79 Å². The number of unbranched alkanes of at least 4 members (excludes halogenated alkanes) is 1. The first kappa shape index (κ1) is 19.0. The molecule has 4 heteroatoms. The minimum atomic E-state index is 0. The van der Waals surface area contributed by atoms with Gasteiger partial charge in [-0.05, 0) is 49.9 Å². The fraction of sp³-hybridized carbons (Fsp3) is 0.611. The number of carbonyl (C=O) groups is 1. The number of rotatable bonds is 8. The van der Waals surface area contributed by atoms with E-state index < -0.39 is 0 Å². The lowest BCUT2D eigenvalue weighted by molar-refractivity contribution is -0.904. The fourth-order valence-electron chi connectivity index (χ4n) is 2.81. The van der Waals surface area contributed by atoms with E-state index in [-0.39, 0.29) is 18.2 Å². The average Bonchev–Trinajstić information content (AvgIpc) is 2.54. The Morgan fingerprint density at radius 1 is 1.14 bits per heavy atom. The summed E-state index contributed by atoms with van der Waals surface area (Å²) in [5.41, 5.74) is 0.814. The second-order valence-corrected chi connectivity index (χ2v) is 5.96. The van der Waals surface area contributed by atoms with Gasteiger partial charge in [-0.15, -0.1) is 0 Å². The van der Waals surface area contributed by atoms with Crippen LogP contribution in [0.1, 0.15) is 55.8 Å². The molecule has 0 unspecified atom stereocenters. The zero-order valence-corrected chi connectivity index (χ0v) is 14.3. The standard InChI is InChI=1S/C18H27NO2.ClH/c1-2-3-15-21-17-9-7-16(8-10-17)18(20)11-14-19-12-5-4-6-13-19;/h7-10H,2-6,11-15H2,1H3;1H. The molecule has 0 aromatic heterocycles. The van der Waals surface area contributed by atoms with Gasteiger partial charge in [0.15, 0.2) is 5.78 Å². The highest BCUT2D eigenvalue weighted by Gasteiger charge is 2.15. The molecule has 1 aliphatic rings. The molecule has 1 aliphatic heterocycles. The van der Waals surface area contributed by atoms with E-state index in [1.54, 1.807) is 4.90 Å². The molecule has 1 aromatic rings. The zero-order chi connectivity index (χ0) is 14.9. The average molecular weight is 326 g/mol. The van der Waals surface area contributed by atoms with Crippen LogP contribution in [0.15, 0.2) is 24.3 Å². The number of likely N-dealkylation sites (tertiary alicyclic amines) is 1. The Labute approximate surface area is 140 Å². The van der Waals surface area contributed by atoms with Crippen molar-refractivity contribution in [1.82, 2.24) is 0 Å². The predicted octanol–water partition coefficient (Wildman–Crippen LogP) is -0.489. The molecule has 0 saturated carbocycles. The minimum Gasteiger partial charge on any atom is -1.00 e. The minimum absolute atomic E-state index is 0. The van der Waals surface area contributed by atoms with Gasteiger partial charge in [0.1, 0.15) is 5.75 Å². The van der Waals surface area contributed by atoms with Crippen LogP contribution in [0.4, 0.5) is 0 Å². The van der Waals surface area contributed by atoms with Crippen LogP contribution in [0, 0.1) is 0 Å². The lowest BCUT2D eigenvalue weighted by atomic mass is 10.1. The van der Waals surface area contributed by atoms with Gasteiger partial charge < -0.3 is 22.0 Å². The lowest BCUT2D eigenvalue weighted by Gasteiger charge is -2.23. The number of carbonyl (C=O) groups excluding carboxylic acids is 1. The third kappa shape index (κ3) is 6.37. The number of Topliss-reactive ketones (excluding diaryl/α,β-unsaturated/α-hetero) is 1. The lowest BCUT2D eigenvalue weighted by Crippen LogP contribution is -3.12. The van der Waals surface area contributed by atoms with Crippen molar-refractivity contribution in [3.8, 4) is 5.75 Å². The molecule has 1 saturated heterocycles. The SMILES string of the molecule is CCCCOc1ccc(C(=O)CC[NH+]2CCCCC2)cc1.[Cl-]. The highest BCUT2D eigenvalue weighted by molar-refractivity contribution is 5.96. The van der Waals surface area contributed by atoms with Gasteiger partial charge in [-0.3, -0.25) is 4.79 Å². The van der Waals surface area contributed by atoms with Crippen LogP contribution in [0.2, 0.25) is 0 Å².